The quantitative estimate of drug-likeness (QED) is 0.796. The molecule has 1 aliphatic rings. The second-order valence-electron chi connectivity index (χ2n) is 7.26. The molecule has 0 saturated carbocycles. The van der Waals surface area contributed by atoms with Gasteiger partial charge in [0.1, 0.15) is 0 Å². The number of amides is 1. The summed E-state index contributed by atoms with van der Waals surface area (Å²) in [6, 6.07) is 12.4. The van der Waals surface area contributed by atoms with E-state index in [4.69, 9.17) is 9.47 Å². The number of aromatic nitrogens is 1. The van der Waals surface area contributed by atoms with Crippen molar-refractivity contribution in [3.05, 3.63) is 58.8 Å². The van der Waals surface area contributed by atoms with Gasteiger partial charge in [-0.1, -0.05) is 30.3 Å². The number of nitrogens with one attached hydrogen (secondary N) is 1. The second-order valence-corrected chi connectivity index (χ2v) is 7.26. The van der Waals surface area contributed by atoms with E-state index in [1.807, 2.05) is 26.0 Å². The number of methoxy groups -OCH3 is 1. The number of pyridine rings is 1. The molecule has 1 aromatic carbocycles. The van der Waals surface area contributed by atoms with Gasteiger partial charge in [0.05, 0.1) is 26.2 Å². The van der Waals surface area contributed by atoms with E-state index in [1.165, 1.54) is 5.56 Å². The lowest BCUT2D eigenvalue weighted by molar-refractivity contribution is -0.126. The third kappa shape index (κ3) is 5.53. The molecule has 1 saturated heterocycles. The van der Waals surface area contributed by atoms with Crippen LogP contribution >= 0.6 is 0 Å². The Morgan fingerprint density at radius 1 is 1.32 bits per heavy atom. The number of aryl methyl sites for hydroxylation is 2. The summed E-state index contributed by atoms with van der Waals surface area (Å²) in [6.07, 6.45) is 0.267. The van der Waals surface area contributed by atoms with Gasteiger partial charge in [-0.2, -0.15) is 0 Å². The first kappa shape index (κ1) is 20.3. The maximum atomic E-state index is 12.5. The van der Waals surface area contributed by atoms with Gasteiger partial charge >= 0.3 is 0 Å². The largest absolute Gasteiger partial charge is 0.481 e. The number of carbonyl (C=O) groups is 1. The Bertz CT molecular complexity index is 795. The number of carbonyl (C=O) groups excluding carboxylic acids is 1. The van der Waals surface area contributed by atoms with Crippen LogP contribution in [-0.2, 0) is 22.6 Å². The third-order valence-electron chi connectivity index (χ3n) is 4.98. The zero-order chi connectivity index (χ0) is 19.9. The van der Waals surface area contributed by atoms with Crippen LogP contribution in [0, 0.1) is 13.8 Å². The normalized spacial score (nSPS) is 17.3. The molecule has 1 aliphatic heterocycles. The van der Waals surface area contributed by atoms with Crippen molar-refractivity contribution in [3.63, 3.8) is 0 Å². The molecule has 3 rings (SSSR count). The summed E-state index contributed by atoms with van der Waals surface area (Å²) in [7, 11) is 1.60. The Hall–Kier alpha value is -2.44. The highest BCUT2D eigenvalue weighted by Gasteiger charge is 2.23. The van der Waals surface area contributed by atoms with Gasteiger partial charge in [0.2, 0.25) is 11.8 Å². The predicted octanol–water partition coefficient (Wildman–Crippen LogP) is 2.61. The highest BCUT2D eigenvalue weighted by molar-refractivity contribution is 5.76. The van der Waals surface area contributed by atoms with Crippen molar-refractivity contribution < 1.29 is 14.3 Å². The lowest BCUT2D eigenvalue weighted by Gasteiger charge is -2.32. The number of hydrogen-bond acceptors (Lipinski definition) is 5. The SMILES string of the molecule is COc1nc(C)cc(C)c1CNC(=O)CC1CN(Cc2ccccc2)CCO1. The molecule has 1 amide bonds. The van der Waals surface area contributed by atoms with Crippen LogP contribution in [0.15, 0.2) is 36.4 Å². The Morgan fingerprint density at radius 2 is 2.11 bits per heavy atom. The predicted molar refractivity (Wildman–Crippen MR) is 108 cm³/mol. The molecule has 0 spiro atoms. The number of nitrogens with zero attached hydrogens (tertiary/aromatic N) is 2. The van der Waals surface area contributed by atoms with Crippen molar-refractivity contribution in [2.75, 3.05) is 26.8 Å². The zero-order valence-electron chi connectivity index (χ0n) is 16.9. The minimum absolute atomic E-state index is 0.0198. The van der Waals surface area contributed by atoms with Gasteiger partial charge in [0.25, 0.3) is 0 Å². The fraction of sp³-hybridized carbons (Fsp3) is 0.455. The van der Waals surface area contributed by atoms with Crippen molar-refractivity contribution in [2.24, 2.45) is 0 Å². The first-order valence-corrected chi connectivity index (χ1v) is 9.71. The highest BCUT2D eigenvalue weighted by Crippen LogP contribution is 2.20. The summed E-state index contributed by atoms with van der Waals surface area (Å²) in [6.45, 7) is 7.52. The Morgan fingerprint density at radius 3 is 2.86 bits per heavy atom. The van der Waals surface area contributed by atoms with Gasteiger partial charge in [-0.25, -0.2) is 4.98 Å². The summed E-state index contributed by atoms with van der Waals surface area (Å²) in [5, 5.41) is 2.99. The fourth-order valence-corrected chi connectivity index (χ4v) is 3.57. The van der Waals surface area contributed by atoms with E-state index in [0.717, 1.165) is 36.5 Å². The summed E-state index contributed by atoms with van der Waals surface area (Å²) in [4.78, 5) is 19.2. The van der Waals surface area contributed by atoms with Crippen LogP contribution in [0.2, 0.25) is 0 Å². The molecule has 1 N–H and O–H groups in total. The van der Waals surface area contributed by atoms with Crippen LogP contribution in [0.4, 0.5) is 0 Å². The molecule has 0 radical (unpaired) electrons. The highest BCUT2D eigenvalue weighted by atomic mass is 16.5. The molecule has 2 heterocycles. The minimum atomic E-state index is -0.0865. The smallest absolute Gasteiger partial charge is 0.222 e. The number of hydrogen-bond donors (Lipinski definition) is 1. The minimum Gasteiger partial charge on any atom is -0.481 e. The molecule has 1 aromatic heterocycles. The lowest BCUT2D eigenvalue weighted by Crippen LogP contribution is -2.44. The van der Waals surface area contributed by atoms with Crippen molar-refractivity contribution in [2.45, 2.75) is 39.5 Å². The van der Waals surface area contributed by atoms with E-state index in [1.54, 1.807) is 7.11 Å². The van der Waals surface area contributed by atoms with Gasteiger partial charge in [-0.3, -0.25) is 9.69 Å². The summed E-state index contributed by atoms with van der Waals surface area (Å²) >= 11 is 0. The lowest BCUT2D eigenvalue weighted by atomic mass is 10.1. The molecule has 28 heavy (non-hydrogen) atoms. The Balaban J connectivity index is 1.51. The van der Waals surface area contributed by atoms with Crippen LogP contribution in [0.5, 0.6) is 5.88 Å². The van der Waals surface area contributed by atoms with Crippen molar-refractivity contribution in [1.29, 1.82) is 0 Å². The summed E-state index contributed by atoms with van der Waals surface area (Å²) in [5.74, 6) is 0.550. The first-order chi connectivity index (χ1) is 13.5. The van der Waals surface area contributed by atoms with Gasteiger partial charge in [0, 0.05) is 37.4 Å². The van der Waals surface area contributed by atoms with Crippen LogP contribution in [0.1, 0.15) is 28.8 Å². The standard InChI is InChI=1S/C22H29N3O3/c1-16-11-17(2)24-22(27-3)20(16)13-23-21(26)12-19-15-25(9-10-28-19)14-18-7-5-4-6-8-18/h4-8,11,19H,9-10,12-15H2,1-3H3,(H,23,26). The fourth-order valence-electron chi connectivity index (χ4n) is 3.57. The average Bonchev–Trinajstić information content (AvgIpc) is 2.67. The number of ether oxygens (including phenoxy) is 2. The van der Waals surface area contributed by atoms with E-state index in [-0.39, 0.29) is 12.0 Å². The Kier molecular flexibility index (Phi) is 7.01. The van der Waals surface area contributed by atoms with Gasteiger partial charge in [0.15, 0.2) is 0 Å². The summed E-state index contributed by atoms with van der Waals surface area (Å²) < 4.78 is 11.2. The van der Waals surface area contributed by atoms with Crippen LogP contribution in [0.3, 0.4) is 0 Å². The second kappa shape index (κ2) is 9.66. The van der Waals surface area contributed by atoms with Crippen LogP contribution < -0.4 is 10.1 Å². The maximum Gasteiger partial charge on any atom is 0.222 e. The third-order valence-corrected chi connectivity index (χ3v) is 4.98. The number of benzene rings is 1. The van der Waals surface area contributed by atoms with Crippen molar-refractivity contribution in [3.8, 4) is 5.88 Å². The van der Waals surface area contributed by atoms with Crippen LogP contribution in [-0.4, -0.2) is 48.7 Å². The molecule has 1 unspecified atom stereocenters. The van der Waals surface area contributed by atoms with Crippen molar-refractivity contribution in [1.82, 2.24) is 15.2 Å². The Labute approximate surface area is 166 Å². The van der Waals surface area contributed by atoms with E-state index < -0.39 is 0 Å². The zero-order valence-corrected chi connectivity index (χ0v) is 16.9. The molecular weight excluding hydrogens is 354 g/mol. The van der Waals surface area contributed by atoms with E-state index in [2.05, 4.69) is 39.5 Å². The molecular formula is C22H29N3O3. The van der Waals surface area contributed by atoms with E-state index in [0.29, 0.717) is 25.5 Å². The molecule has 150 valence electrons. The molecule has 1 atom stereocenters. The molecule has 2 aromatic rings. The van der Waals surface area contributed by atoms with E-state index in [9.17, 15) is 4.79 Å². The van der Waals surface area contributed by atoms with Crippen LogP contribution in [0.25, 0.3) is 0 Å². The maximum absolute atomic E-state index is 12.5. The first-order valence-electron chi connectivity index (χ1n) is 9.71. The van der Waals surface area contributed by atoms with E-state index >= 15 is 0 Å². The van der Waals surface area contributed by atoms with Crippen molar-refractivity contribution >= 4 is 5.91 Å². The number of rotatable bonds is 7. The number of morpholine rings is 1. The van der Waals surface area contributed by atoms with Gasteiger partial charge in [-0.05, 0) is 31.0 Å². The van der Waals surface area contributed by atoms with Gasteiger partial charge in [-0.15, -0.1) is 0 Å². The molecule has 6 heteroatoms. The molecule has 6 nitrogen and oxygen atoms in total. The monoisotopic (exact) mass is 383 g/mol. The summed E-state index contributed by atoms with van der Waals surface area (Å²) in [5.41, 5.74) is 4.16. The molecule has 0 aliphatic carbocycles. The topological polar surface area (TPSA) is 63.7 Å². The molecule has 1 fully saturated rings. The molecule has 0 bridgehead atoms. The average molecular weight is 383 g/mol. The van der Waals surface area contributed by atoms with Gasteiger partial charge < -0.3 is 14.8 Å².